The fraction of sp³-hybridized carbons (Fsp3) is 0.133. The Morgan fingerprint density at radius 2 is 1.62 bits per heavy atom. The van der Waals surface area contributed by atoms with Gasteiger partial charge in [-0.05, 0) is 86.8 Å². The average Bonchev–Trinajstić information content (AvgIpc) is 2.43. The zero-order valence-corrected chi connectivity index (χ0v) is 17.4. The van der Waals surface area contributed by atoms with Crippen molar-refractivity contribution < 1.29 is 14.6 Å². The van der Waals surface area contributed by atoms with Crippen LogP contribution < -0.4 is 4.74 Å². The number of hydrogen-bond donors (Lipinski definition) is 1. The summed E-state index contributed by atoms with van der Waals surface area (Å²) in [6, 6.07) is 12.9. The van der Waals surface area contributed by atoms with E-state index in [1.54, 1.807) is 19.1 Å². The molecule has 0 saturated carbocycles. The second-order valence-corrected chi connectivity index (χ2v) is 8.08. The molecular weight excluding hydrogens is 609 g/mol. The molecule has 0 radical (unpaired) electrons. The molecule has 0 aliphatic rings. The first-order valence-electron chi connectivity index (χ1n) is 5.97. The standard InChI is InChI=1S/C15H11I3O3/c1-15(14(19)20,9-5-3-2-4-6-9)21-13-11(17)7-10(16)8-12(13)18/h2-8H,1H3,(H,19,20). The summed E-state index contributed by atoms with van der Waals surface area (Å²) in [7, 11) is 0. The van der Waals surface area contributed by atoms with Gasteiger partial charge >= 0.3 is 5.97 Å². The molecule has 0 aliphatic heterocycles. The van der Waals surface area contributed by atoms with E-state index in [4.69, 9.17) is 4.74 Å². The zero-order chi connectivity index (χ0) is 15.6. The minimum Gasteiger partial charge on any atom is -0.478 e. The van der Waals surface area contributed by atoms with Crippen LogP contribution in [-0.4, -0.2) is 11.1 Å². The van der Waals surface area contributed by atoms with Gasteiger partial charge in [-0.2, -0.15) is 0 Å². The molecule has 2 rings (SSSR count). The average molecular weight is 620 g/mol. The quantitative estimate of drug-likeness (QED) is 0.497. The van der Waals surface area contributed by atoms with Gasteiger partial charge in [-0.3, -0.25) is 0 Å². The van der Waals surface area contributed by atoms with Crippen molar-refractivity contribution in [2.45, 2.75) is 12.5 Å². The summed E-state index contributed by atoms with van der Waals surface area (Å²) in [5.74, 6) is -0.413. The summed E-state index contributed by atoms with van der Waals surface area (Å²) in [6.45, 7) is 1.58. The Labute approximate surface area is 163 Å². The van der Waals surface area contributed by atoms with Crippen LogP contribution in [0.5, 0.6) is 5.75 Å². The van der Waals surface area contributed by atoms with Crippen LogP contribution in [0.4, 0.5) is 0 Å². The molecule has 21 heavy (non-hydrogen) atoms. The number of hydrogen-bond acceptors (Lipinski definition) is 2. The molecule has 110 valence electrons. The van der Waals surface area contributed by atoms with Gasteiger partial charge in [0.1, 0.15) is 5.75 Å². The number of halogens is 3. The first-order valence-corrected chi connectivity index (χ1v) is 9.20. The summed E-state index contributed by atoms with van der Waals surface area (Å²) < 4.78 is 8.83. The van der Waals surface area contributed by atoms with Gasteiger partial charge in [0, 0.05) is 9.13 Å². The third kappa shape index (κ3) is 3.81. The van der Waals surface area contributed by atoms with Crippen molar-refractivity contribution in [3.63, 3.8) is 0 Å². The van der Waals surface area contributed by atoms with E-state index in [-0.39, 0.29) is 0 Å². The molecule has 0 amide bonds. The predicted molar refractivity (Wildman–Crippen MR) is 107 cm³/mol. The normalized spacial score (nSPS) is 13.5. The van der Waals surface area contributed by atoms with Crippen LogP contribution >= 0.6 is 67.8 Å². The molecule has 0 aliphatic carbocycles. The Morgan fingerprint density at radius 1 is 1.10 bits per heavy atom. The molecule has 1 unspecified atom stereocenters. The monoisotopic (exact) mass is 620 g/mol. The van der Waals surface area contributed by atoms with Crippen LogP contribution in [0.15, 0.2) is 42.5 Å². The predicted octanol–water partition coefficient (Wildman–Crippen LogP) is 4.88. The van der Waals surface area contributed by atoms with Crippen molar-refractivity contribution in [3.8, 4) is 5.75 Å². The molecule has 0 heterocycles. The summed E-state index contributed by atoms with van der Waals surface area (Å²) in [4.78, 5) is 11.8. The van der Waals surface area contributed by atoms with Gasteiger partial charge in [0.15, 0.2) is 0 Å². The number of rotatable bonds is 4. The van der Waals surface area contributed by atoms with Crippen molar-refractivity contribution in [2.24, 2.45) is 0 Å². The highest BCUT2D eigenvalue weighted by Crippen LogP contribution is 2.35. The van der Waals surface area contributed by atoms with Crippen LogP contribution in [-0.2, 0) is 10.4 Å². The summed E-state index contributed by atoms with van der Waals surface area (Å²) in [5, 5.41) is 9.65. The second kappa shape index (κ2) is 6.99. The van der Waals surface area contributed by atoms with Gasteiger partial charge in [-0.1, -0.05) is 30.3 Å². The van der Waals surface area contributed by atoms with Crippen LogP contribution in [0.1, 0.15) is 12.5 Å². The molecule has 3 nitrogen and oxygen atoms in total. The second-order valence-electron chi connectivity index (χ2n) is 4.51. The van der Waals surface area contributed by atoms with Gasteiger partial charge in [0.25, 0.3) is 0 Å². The number of carboxylic acids is 1. The molecule has 0 spiro atoms. The SMILES string of the molecule is CC(Oc1c(I)cc(I)cc1I)(C(=O)O)c1ccccc1. The van der Waals surface area contributed by atoms with Crippen LogP contribution in [0.25, 0.3) is 0 Å². The smallest absolute Gasteiger partial charge is 0.352 e. The van der Waals surface area contributed by atoms with Gasteiger partial charge in [-0.15, -0.1) is 0 Å². The van der Waals surface area contributed by atoms with E-state index in [1.807, 2.05) is 30.3 Å². The van der Waals surface area contributed by atoms with E-state index >= 15 is 0 Å². The van der Waals surface area contributed by atoms with E-state index in [0.29, 0.717) is 11.3 Å². The largest absolute Gasteiger partial charge is 0.478 e. The zero-order valence-electron chi connectivity index (χ0n) is 10.9. The molecule has 1 atom stereocenters. The number of carboxylic acid groups (broad SMARTS) is 1. The van der Waals surface area contributed by atoms with Gasteiger partial charge in [0.05, 0.1) is 7.14 Å². The number of benzene rings is 2. The number of carbonyl (C=O) groups is 1. The fourth-order valence-electron chi connectivity index (χ4n) is 1.81. The van der Waals surface area contributed by atoms with Crippen LogP contribution in [0, 0.1) is 10.7 Å². The first-order chi connectivity index (χ1) is 9.84. The van der Waals surface area contributed by atoms with Crippen molar-refractivity contribution >= 4 is 73.7 Å². The lowest BCUT2D eigenvalue weighted by molar-refractivity contribution is -0.154. The number of ether oxygens (including phenoxy) is 1. The fourth-order valence-corrected chi connectivity index (χ4v) is 5.62. The molecule has 0 aromatic heterocycles. The highest BCUT2D eigenvalue weighted by Gasteiger charge is 2.38. The lowest BCUT2D eigenvalue weighted by Crippen LogP contribution is -2.39. The van der Waals surface area contributed by atoms with Gasteiger partial charge in [0.2, 0.25) is 5.60 Å². The highest BCUT2D eigenvalue weighted by molar-refractivity contribution is 14.1. The van der Waals surface area contributed by atoms with Crippen molar-refractivity contribution in [1.29, 1.82) is 0 Å². The van der Waals surface area contributed by atoms with E-state index < -0.39 is 11.6 Å². The Bertz CT molecular complexity index is 650. The summed E-state index contributed by atoms with van der Waals surface area (Å²) in [5.41, 5.74) is -0.809. The van der Waals surface area contributed by atoms with Crippen molar-refractivity contribution in [2.75, 3.05) is 0 Å². The van der Waals surface area contributed by atoms with E-state index in [0.717, 1.165) is 10.7 Å². The Morgan fingerprint density at radius 3 is 2.10 bits per heavy atom. The number of aliphatic carboxylic acids is 1. The maximum Gasteiger partial charge on any atom is 0.352 e. The van der Waals surface area contributed by atoms with E-state index in [9.17, 15) is 9.90 Å². The Kier molecular flexibility index (Phi) is 5.74. The Hall–Kier alpha value is -0.1000. The third-order valence-corrected chi connectivity index (χ3v) is 5.23. The van der Waals surface area contributed by atoms with Crippen molar-refractivity contribution in [3.05, 3.63) is 58.7 Å². The van der Waals surface area contributed by atoms with Gasteiger partial charge < -0.3 is 9.84 Å². The van der Waals surface area contributed by atoms with Crippen molar-refractivity contribution in [1.82, 2.24) is 0 Å². The maximum absolute atomic E-state index is 11.8. The Balaban J connectivity index is 2.50. The minimum atomic E-state index is -1.42. The topological polar surface area (TPSA) is 46.5 Å². The van der Waals surface area contributed by atoms with Crippen LogP contribution in [0.3, 0.4) is 0 Å². The summed E-state index contributed by atoms with van der Waals surface area (Å²) >= 11 is 6.56. The van der Waals surface area contributed by atoms with Gasteiger partial charge in [-0.25, -0.2) is 4.79 Å². The lowest BCUT2D eigenvalue weighted by Gasteiger charge is -2.28. The molecule has 6 heteroatoms. The van der Waals surface area contributed by atoms with E-state index in [1.165, 1.54) is 0 Å². The molecule has 0 fully saturated rings. The molecule has 0 saturated heterocycles. The van der Waals surface area contributed by atoms with E-state index in [2.05, 4.69) is 67.8 Å². The third-order valence-electron chi connectivity index (χ3n) is 3.00. The molecule has 1 N–H and O–H groups in total. The van der Waals surface area contributed by atoms with Crippen LogP contribution in [0.2, 0.25) is 0 Å². The molecule has 2 aromatic carbocycles. The molecular formula is C15H11I3O3. The summed E-state index contributed by atoms with van der Waals surface area (Å²) in [6.07, 6.45) is 0. The highest BCUT2D eigenvalue weighted by atomic mass is 127. The molecule has 0 bridgehead atoms. The minimum absolute atomic E-state index is 0.602. The first kappa shape index (κ1) is 17.3. The lowest BCUT2D eigenvalue weighted by atomic mass is 9.96. The maximum atomic E-state index is 11.8. The molecule has 2 aromatic rings.